The van der Waals surface area contributed by atoms with Crippen LogP contribution < -0.4 is 23.7 Å². The molecule has 0 saturated heterocycles. The highest BCUT2D eigenvalue weighted by molar-refractivity contribution is 5.59. The summed E-state index contributed by atoms with van der Waals surface area (Å²) in [6, 6.07) is 12.6. The van der Waals surface area contributed by atoms with E-state index in [2.05, 4.69) is 19.9 Å². The lowest BCUT2D eigenvalue weighted by molar-refractivity contribution is -0.527. The lowest BCUT2D eigenvalue weighted by atomic mass is 9.65. The average molecular weight is 513 g/mol. The van der Waals surface area contributed by atoms with Crippen LogP contribution >= 0.6 is 0 Å². The molecule has 200 valence electrons. The normalized spacial score (nSPS) is 15.1. The number of methoxy groups -OCH3 is 3. The van der Waals surface area contributed by atoms with Crippen LogP contribution in [0.4, 0.5) is 0 Å². The van der Waals surface area contributed by atoms with Gasteiger partial charge < -0.3 is 23.7 Å². The fourth-order valence-electron chi connectivity index (χ4n) is 5.40. The maximum Gasteiger partial charge on any atom is 0.248 e. The second kappa shape index (κ2) is 12.5. The van der Waals surface area contributed by atoms with Crippen molar-refractivity contribution in [3.05, 3.63) is 52.1 Å². The van der Waals surface area contributed by atoms with Gasteiger partial charge in [0.15, 0.2) is 23.0 Å². The van der Waals surface area contributed by atoms with Gasteiger partial charge in [-0.1, -0.05) is 38.8 Å². The minimum absolute atomic E-state index is 0.00885. The third-order valence-corrected chi connectivity index (χ3v) is 7.30. The molecule has 1 aliphatic heterocycles. The van der Waals surface area contributed by atoms with Crippen LogP contribution in [0.1, 0.15) is 57.9 Å². The summed E-state index contributed by atoms with van der Waals surface area (Å²) < 4.78 is 28.3. The minimum atomic E-state index is -0.924. The highest BCUT2D eigenvalue weighted by Crippen LogP contribution is 2.50. The first-order chi connectivity index (χ1) is 17.9. The monoisotopic (exact) mass is 512 g/mol. The number of ether oxygens (including phenoxy) is 5. The molecular weight excluding hydrogens is 476 g/mol. The second-order valence-corrected chi connectivity index (χ2v) is 9.16. The smallest absolute Gasteiger partial charge is 0.248 e. The van der Waals surface area contributed by atoms with Crippen molar-refractivity contribution in [1.29, 1.82) is 5.26 Å². The first kappa shape index (κ1) is 27.9. The zero-order valence-electron chi connectivity index (χ0n) is 22.2. The molecule has 2 aromatic rings. The fourth-order valence-corrected chi connectivity index (χ4v) is 5.40. The quantitative estimate of drug-likeness (QED) is 0.227. The van der Waals surface area contributed by atoms with Gasteiger partial charge in [-0.3, -0.25) is 10.1 Å². The van der Waals surface area contributed by atoms with Crippen molar-refractivity contribution in [2.24, 2.45) is 5.92 Å². The predicted octanol–water partition coefficient (Wildman–Crippen LogP) is 5.91. The molecule has 1 aliphatic rings. The summed E-state index contributed by atoms with van der Waals surface area (Å²) in [5, 5.41) is 22.6. The molecule has 37 heavy (non-hydrogen) atoms. The van der Waals surface area contributed by atoms with Gasteiger partial charge in [0, 0.05) is 16.9 Å². The molecule has 2 unspecified atom stereocenters. The summed E-state index contributed by atoms with van der Waals surface area (Å²) in [6.07, 6.45) is 2.12. The Hall–Kier alpha value is -3.67. The number of rotatable bonds is 14. The number of hydrogen-bond donors (Lipinski definition) is 0. The van der Waals surface area contributed by atoms with Crippen molar-refractivity contribution >= 4 is 0 Å². The van der Waals surface area contributed by atoms with Crippen molar-refractivity contribution in [2.45, 2.75) is 70.1 Å². The summed E-state index contributed by atoms with van der Waals surface area (Å²) in [5.41, 5.74) is -0.217. The summed E-state index contributed by atoms with van der Waals surface area (Å²) in [5.74, 6) is 2.57. The van der Waals surface area contributed by atoms with Crippen LogP contribution in [0.2, 0.25) is 0 Å². The van der Waals surface area contributed by atoms with Gasteiger partial charge in [-0.05, 0) is 43.0 Å². The van der Waals surface area contributed by atoms with E-state index in [1.165, 1.54) is 14.2 Å². The Kier molecular flexibility index (Phi) is 9.45. The third kappa shape index (κ3) is 5.68. The predicted molar refractivity (Wildman–Crippen MR) is 138 cm³/mol. The maximum atomic E-state index is 11.9. The number of benzene rings is 2. The lowest BCUT2D eigenvalue weighted by Crippen LogP contribution is -2.35. The highest BCUT2D eigenvalue weighted by atomic mass is 16.7. The van der Waals surface area contributed by atoms with Gasteiger partial charge in [0.1, 0.15) is 0 Å². The van der Waals surface area contributed by atoms with Crippen molar-refractivity contribution < 1.29 is 28.6 Å². The Labute approximate surface area is 218 Å². The molecule has 0 amide bonds. The summed E-state index contributed by atoms with van der Waals surface area (Å²) >= 11 is 0. The van der Waals surface area contributed by atoms with Crippen LogP contribution in [-0.2, 0) is 5.41 Å². The Morgan fingerprint density at radius 1 is 1.03 bits per heavy atom. The Morgan fingerprint density at radius 2 is 1.65 bits per heavy atom. The lowest BCUT2D eigenvalue weighted by Gasteiger charge is -2.36. The topological polar surface area (TPSA) is 113 Å². The van der Waals surface area contributed by atoms with Gasteiger partial charge in [-0.15, -0.1) is 0 Å². The number of nitriles is 1. The second-order valence-electron chi connectivity index (χ2n) is 9.16. The Morgan fingerprint density at radius 3 is 2.14 bits per heavy atom. The molecule has 9 nitrogen and oxygen atoms in total. The van der Waals surface area contributed by atoms with Gasteiger partial charge >= 0.3 is 0 Å². The zero-order chi connectivity index (χ0) is 27.0. The molecule has 0 N–H and O–H groups in total. The number of hydrogen-bond acceptors (Lipinski definition) is 8. The van der Waals surface area contributed by atoms with E-state index in [-0.39, 0.29) is 23.7 Å². The molecule has 0 bridgehead atoms. The molecule has 0 radical (unpaired) electrons. The maximum absolute atomic E-state index is 11.9. The van der Waals surface area contributed by atoms with Crippen LogP contribution in [-0.4, -0.2) is 38.6 Å². The highest BCUT2D eigenvalue weighted by Gasteiger charge is 2.43. The fraction of sp³-hybridized carbons (Fsp3) is 0.536. The first-order valence-corrected chi connectivity index (χ1v) is 12.6. The standard InChI is InChI=1S/C28H36N2O7/c1-6-19(7-2)28(18-29,21-14-15-24(33-3)27(35-5)26(21)34-4)16-10-11-20(30(31)32)17-25-36-22-12-8-9-13-23(22)37-25/h8-9,12-15,19-20,25H,6-7,10-11,16-17H2,1-5H3. The van der Waals surface area contributed by atoms with Crippen LogP contribution in [0.5, 0.6) is 28.7 Å². The summed E-state index contributed by atoms with van der Waals surface area (Å²) in [4.78, 5) is 11.7. The molecule has 2 aromatic carbocycles. The molecule has 0 fully saturated rings. The molecule has 1 heterocycles. The van der Waals surface area contributed by atoms with Crippen molar-refractivity contribution in [1.82, 2.24) is 0 Å². The molecule has 0 aromatic heterocycles. The van der Waals surface area contributed by atoms with E-state index in [1.54, 1.807) is 25.3 Å². The Balaban J connectivity index is 1.85. The van der Waals surface area contributed by atoms with Crippen molar-refractivity contribution in [3.8, 4) is 34.8 Å². The van der Waals surface area contributed by atoms with Crippen LogP contribution in [0.15, 0.2) is 36.4 Å². The van der Waals surface area contributed by atoms with E-state index in [1.807, 2.05) is 18.2 Å². The first-order valence-electron chi connectivity index (χ1n) is 12.6. The molecule has 0 spiro atoms. The van der Waals surface area contributed by atoms with Gasteiger partial charge in [-0.2, -0.15) is 5.26 Å². The van der Waals surface area contributed by atoms with E-state index in [0.717, 1.165) is 12.8 Å². The van der Waals surface area contributed by atoms with Gasteiger partial charge in [0.05, 0.1) is 39.2 Å². The van der Waals surface area contributed by atoms with Crippen LogP contribution in [0.3, 0.4) is 0 Å². The van der Waals surface area contributed by atoms with Gasteiger partial charge in [0.25, 0.3) is 0 Å². The number of nitrogens with zero attached hydrogens (tertiary/aromatic N) is 2. The van der Waals surface area contributed by atoms with Gasteiger partial charge in [0.2, 0.25) is 18.1 Å². The zero-order valence-corrected chi connectivity index (χ0v) is 22.2. The molecule has 0 aliphatic carbocycles. The Bertz CT molecular complexity index is 1090. The summed E-state index contributed by atoms with van der Waals surface area (Å²) in [7, 11) is 4.62. The molecule has 3 rings (SSSR count). The number of nitro groups is 1. The largest absolute Gasteiger partial charge is 0.493 e. The van der Waals surface area contributed by atoms with Crippen LogP contribution in [0.25, 0.3) is 0 Å². The minimum Gasteiger partial charge on any atom is -0.493 e. The molecule has 2 atom stereocenters. The SMILES string of the molecule is CCC(CC)C(C#N)(CCCC(CC1Oc2ccccc2O1)[N+](=O)[O-])c1ccc(OC)c(OC)c1OC. The van der Waals surface area contributed by atoms with E-state index in [4.69, 9.17) is 23.7 Å². The molecule has 0 saturated carbocycles. The number of fused-ring (bicyclic) bond motifs is 1. The van der Waals surface area contributed by atoms with Crippen molar-refractivity contribution in [2.75, 3.05) is 21.3 Å². The summed E-state index contributed by atoms with van der Waals surface area (Å²) in [6.45, 7) is 4.11. The van der Waals surface area contributed by atoms with E-state index in [0.29, 0.717) is 47.2 Å². The van der Waals surface area contributed by atoms with E-state index >= 15 is 0 Å². The van der Waals surface area contributed by atoms with E-state index < -0.39 is 17.7 Å². The molecular formula is C28H36N2O7. The third-order valence-electron chi connectivity index (χ3n) is 7.30. The number of para-hydroxylation sites is 2. The van der Waals surface area contributed by atoms with Crippen LogP contribution in [0, 0.1) is 27.4 Å². The molecule has 9 heteroatoms. The van der Waals surface area contributed by atoms with Gasteiger partial charge in [-0.25, -0.2) is 0 Å². The van der Waals surface area contributed by atoms with E-state index in [9.17, 15) is 15.4 Å². The van der Waals surface area contributed by atoms with Crippen molar-refractivity contribution in [3.63, 3.8) is 0 Å². The average Bonchev–Trinajstić information content (AvgIpc) is 3.33.